The molecule has 0 radical (unpaired) electrons. The van der Waals surface area contributed by atoms with E-state index in [2.05, 4.69) is 99.0 Å². The molecule has 1 aromatic carbocycles. The Bertz CT molecular complexity index is 492. The average molecular weight is 757 g/mol. The largest absolute Gasteiger partial charge is 4.00 e. The number of nitrogens with zero attached hydrogens (tertiary/aromatic N) is 3. The maximum Gasteiger partial charge on any atom is 4.00 e. The predicted molar refractivity (Wildman–Crippen MR) is 159 cm³/mol. The van der Waals surface area contributed by atoms with E-state index in [0.29, 0.717) is 36.3 Å². The van der Waals surface area contributed by atoms with Gasteiger partial charge >= 0.3 is 79.7 Å². The molecule has 0 heterocycles. The first-order valence-electron chi connectivity index (χ1n) is 14.1. The van der Waals surface area contributed by atoms with Crippen LogP contribution in [0, 0.1) is 0 Å². The van der Waals surface area contributed by atoms with E-state index in [0.717, 1.165) is 12.1 Å². The van der Waals surface area contributed by atoms with Crippen molar-refractivity contribution < 1.29 is 36.3 Å². The fraction of sp³-hybridized carbons (Fsp3) is 0.828. The summed E-state index contributed by atoms with van der Waals surface area (Å²) >= 11 is -5.94. The van der Waals surface area contributed by atoms with Crippen molar-refractivity contribution in [3.8, 4) is 0 Å². The molecular weight excluding hydrogens is 698 g/mol. The molecule has 6 unspecified atom stereocenters. The minimum absolute atomic E-state index is 0. The van der Waals surface area contributed by atoms with Crippen LogP contribution in [0.4, 0.5) is 10.5 Å². The summed E-state index contributed by atoms with van der Waals surface area (Å²) in [5.41, 5.74) is 0. The monoisotopic (exact) mass is 759 g/mol. The predicted octanol–water partition coefficient (Wildman–Crippen LogP) is 10.3. The molecule has 1 rings (SSSR count). The van der Waals surface area contributed by atoms with Crippen molar-refractivity contribution in [1.29, 1.82) is 0 Å². The van der Waals surface area contributed by atoms with Crippen LogP contribution in [0.3, 0.4) is 0 Å². The Morgan fingerprint density at radius 2 is 0.703 bits per heavy atom. The van der Waals surface area contributed by atoms with Gasteiger partial charge in [-0.15, -0.1) is 36.3 Å². The van der Waals surface area contributed by atoms with Crippen LogP contribution in [0.5, 0.6) is 0 Å². The Hall–Kier alpha value is 0.433. The zero-order chi connectivity index (χ0) is 28.7. The van der Waals surface area contributed by atoms with Gasteiger partial charge in [-0.2, -0.15) is 0 Å². The van der Waals surface area contributed by atoms with E-state index < -0.39 is 19.1 Å². The minimum atomic E-state index is -5.94. The molecule has 0 bridgehead atoms. The quantitative estimate of drug-likeness (QED) is 0.142. The molecule has 0 aliphatic rings. The van der Waals surface area contributed by atoms with Gasteiger partial charge < -0.3 is 16.0 Å². The van der Waals surface area contributed by atoms with Gasteiger partial charge in [0.05, 0.1) is 0 Å². The van der Waals surface area contributed by atoms with E-state index >= 15 is 0 Å². The standard InChI is InChI=1S/3C8H18N.C5H4F3Ge.Hf/c3*1-5-7(3)9-8(4)6-2;6-9(7,8)5-3-1-2-4-5;/h3*7-8H,5-6H2,1-4H3;1-4H;/q4*-1;+4. The molecule has 1 aromatic rings. The van der Waals surface area contributed by atoms with Crippen LogP contribution < -0.4 is 4.40 Å². The van der Waals surface area contributed by atoms with E-state index in [1.165, 1.54) is 50.7 Å². The van der Waals surface area contributed by atoms with E-state index in [-0.39, 0.29) is 25.8 Å². The van der Waals surface area contributed by atoms with Crippen molar-refractivity contribution in [2.75, 3.05) is 0 Å². The summed E-state index contributed by atoms with van der Waals surface area (Å²) in [5.74, 6) is 0. The molecule has 0 saturated heterocycles. The Morgan fingerprint density at radius 3 is 0.811 bits per heavy atom. The summed E-state index contributed by atoms with van der Waals surface area (Å²) in [5, 5.41) is 13.5. The third-order valence-electron chi connectivity index (χ3n) is 6.06. The van der Waals surface area contributed by atoms with Gasteiger partial charge in [-0.3, -0.25) is 0 Å². The Morgan fingerprint density at radius 1 is 0.514 bits per heavy atom. The third kappa shape index (κ3) is 30.8. The first-order valence-corrected chi connectivity index (χ1v) is 17.5. The van der Waals surface area contributed by atoms with Crippen molar-refractivity contribution in [2.24, 2.45) is 0 Å². The molecule has 8 heteroatoms. The zero-order valence-electron chi connectivity index (χ0n) is 26.0. The molecule has 0 fully saturated rings. The SMILES string of the molecule is CCC(C)[N-]C(C)CC.CCC(C)[N-]C(C)CC.CCC(C)[N-]C(C)CC.[F][Ge]([F])([F])[c-]1cccc1.[Hf+4]. The molecule has 0 N–H and O–H groups in total. The van der Waals surface area contributed by atoms with Gasteiger partial charge in [0.1, 0.15) is 0 Å². The number of halogens is 3. The average Bonchev–Trinajstić information content (AvgIpc) is 3.40. The summed E-state index contributed by atoms with van der Waals surface area (Å²) in [6, 6.07) is 8.40. The van der Waals surface area contributed by atoms with Crippen molar-refractivity contribution in [3.05, 3.63) is 40.2 Å². The molecule has 0 amide bonds. The van der Waals surface area contributed by atoms with Crippen LogP contribution in [0.25, 0.3) is 16.0 Å². The first-order chi connectivity index (χ1) is 16.7. The van der Waals surface area contributed by atoms with Crippen LogP contribution in [0.15, 0.2) is 24.3 Å². The van der Waals surface area contributed by atoms with E-state index in [9.17, 15) is 10.5 Å². The van der Waals surface area contributed by atoms with Gasteiger partial charge in [0.15, 0.2) is 0 Å². The summed E-state index contributed by atoms with van der Waals surface area (Å²) in [6.07, 6.45) is 7.03. The van der Waals surface area contributed by atoms with Crippen LogP contribution >= 0.6 is 0 Å². The van der Waals surface area contributed by atoms with E-state index in [4.69, 9.17) is 0 Å². The van der Waals surface area contributed by atoms with Crippen molar-refractivity contribution in [2.45, 2.75) is 158 Å². The second-order valence-corrected chi connectivity index (χ2v) is 13.0. The van der Waals surface area contributed by atoms with Gasteiger partial charge in [0.25, 0.3) is 0 Å². The molecule has 0 spiro atoms. The molecule has 3 nitrogen and oxygen atoms in total. The van der Waals surface area contributed by atoms with Crippen molar-refractivity contribution >= 4 is 19.1 Å². The summed E-state index contributed by atoms with van der Waals surface area (Å²) < 4.78 is 35.0. The fourth-order valence-corrected chi connectivity index (χ4v) is 3.70. The van der Waals surface area contributed by atoms with Crippen LogP contribution in [-0.4, -0.2) is 50.9 Å². The van der Waals surface area contributed by atoms with Crippen LogP contribution in [-0.2, 0) is 25.8 Å². The molecule has 0 aliphatic carbocycles. The smallest absolute Gasteiger partial charge is 4.00 e. The molecule has 0 aliphatic heterocycles. The zero-order valence-corrected chi connectivity index (χ0v) is 31.7. The van der Waals surface area contributed by atoms with Gasteiger partial charge in [-0.1, -0.05) is 122 Å². The second-order valence-electron chi connectivity index (χ2n) is 9.66. The summed E-state index contributed by atoms with van der Waals surface area (Å²) in [6.45, 7) is 26.1. The Balaban J connectivity index is -0.000000194. The third-order valence-corrected chi connectivity index (χ3v) is 8.13. The van der Waals surface area contributed by atoms with E-state index in [1.54, 1.807) is 0 Å². The Kier molecular flexibility index (Phi) is 33.6. The fourth-order valence-electron chi connectivity index (χ4n) is 2.50. The molecule has 0 saturated carbocycles. The topological polar surface area (TPSA) is 42.3 Å². The molecular formula is C29H58F3GeHfN3. The first kappa shape index (κ1) is 44.5. The maximum atomic E-state index is 11.8. The maximum absolute atomic E-state index is 11.8. The van der Waals surface area contributed by atoms with E-state index in [1.807, 2.05) is 0 Å². The van der Waals surface area contributed by atoms with Crippen LogP contribution in [0.2, 0.25) is 0 Å². The number of hydrogen-bond donors (Lipinski definition) is 0. The minimum Gasteiger partial charge on any atom is 4.00 e. The normalized spacial score (nSPS) is 15.5. The molecule has 37 heavy (non-hydrogen) atoms. The molecule has 0 aromatic heterocycles. The van der Waals surface area contributed by atoms with Gasteiger partial charge in [0.2, 0.25) is 0 Å². The molecule has 218 valence electrons. The van der Waals surface area contributed by atoms with Gasteiger partial charge in [0, 0.05) is 0 Å². The van der Waals surface area contributed by atoms with Crippen molar-refractivity contribution in [1.82, 2.24) is 0 Å². The summed E-state index contributed by atoms with van der Waals surface area (Å²) in [7, 11) is 0. The number of rotatable bonds is 13. The molecule has 6 atom stereocenters. The van der Waals surface area contributed by atoms with Crippen molar-refractivity contribution in [3.63, 3.8) is 0 Å². The Labute approximate surface area is 252 Å². The van der Waals surface area contributed by atoms with Gasteiger partial charge in [-0.25, -0.2) is 0 Å². The number of hydrogen-bond acceptors (Lipinski definition) is 0. The summed E-state index contributed by atoms with van der Waals surface area (Å²) in [4.78, 5) is 0. The second kappa shape index (κ2) is 28.0. The van der Waals surface area contributed by atoms with Crippen LogP contribution in [0.1, 0.15) is 122 Å². The van der Waals surface area contributed by atoms with Gasteiger partial charge in [-0.05, 0) is 0 Å².